The summed E-state index contributed by atoms with van der Waals surface area (Å²) < 4.78 is 7.67. The van der Waals surface area contributed by atoms with E-state index in [1.807, 2.05) is 42.5 Å². The van der Waals surface area contributed by atoms with Crippen LogP contribution in [0, 0.1) is 12.3 Å². The monoisotopic (exact) mass is 436 g/mol. The molecule has 0 aliphatic heterocycles. The molecule has 0 spiro atoms. The van der Waals surface area contributed by atoms with Crippen molar-refractivity contribution in [3.05, 3.63) is 82.6 Å². The summed E-state index contributed by atoms with van der Waals surface area (Å²) in [6, 6.07) is 19.1. The van der Waals surface area contributed by atoms with Gasteiger partial charge in [-0.2, -0.15) is 0 Å². The fourth-order valence-electron chi connectivity index (χ4n) is 4.00. The maximum Gasteiger partial charge on any atom is 0.372 e. The van der Waals surface area contributed by atoms with Gasteiger partial charge < -0.3 is 14.1 Å². The molecule has 1 heterocycles. The topological polar surface area (TPSA) is 52.8 Å². The van der Waals surface area contributed by atoms with E-state index in [1.165, 1.54) is 0 Å². The molecule has 1 aliphatic carbocycles. The van der Waals surface area contributed by atoms with Crippen LogP contribution in [0.25, 0.3) is 5.69 Å². The molecule has 1 aliphatic rings. The molecule has 1 aromatic heterocycles. The van der Waals surface area contributed by atoms with Gasteiger partial charge in [0.1, 0.15) is 5.75 Å². The molecule has 5 nitrogen and oxygen atoms in total. The van der Waals surface area contributed by atoms with E-state index < -0.39 is 5.97 Å². The quantitative estimate of drug-likeness (QED) is 0.378. The zero-order chi connectivity index (χ0) is 22.0. The van der Waals surface area contributed by atoms with Gasteiger partial charge in [-0.3, -0.25) is 0 Å². The van der Waals surface area contributed by atoms with Crippen LogP contribution < -0.4 is 4.74 Å². The average molecular weight is 437 g/mol. The van der Waals surface area contributed by atoms with E-state index in [0.29, 0.717) is 10.8 Å². The second kappa shape index (κ2) is 8.60. The van der Waals surface area contributed by atoms with Crippen molar-refractivity contribution in [2.24, 2.45) is 10.6 Å². The van der Waals surface area contributed by atoms with Gasteiger partial charge in [-0.1, -0.05) is 48.8 Å². The molecule has 0 atom stereocenters. The highest BCUT2D eigenvalue weighted by Crippen LogP contribution is 2.38. The van der Waals surface area contributed by atoms with Gasteiger partial charge >= 0.3 is 5.97 Å². The number of aromatic nitrogens is 1. The second-order valence-corrected chi connectivity index (χ2v) is 9.02. The third-order valence-electron chi connectivity index (χ3n) is 5.33. The molecular formula is C25H25ClN2O3. The van der Waals surface area contributed by atoms with E-state index in [-0.39, 0.29) is 12.0 Å². The Balaban J connectivity index is 1.58. The number of oxime groups is 1. The summed E-state index contributed by atoms with van der Waals surface area (Å²) in [4.78, 5) is 17.4. The van der Waals surface area contributed by atoms with Crippen LogP contribution in [-0.4, -0.2) is 22.9 Å². The Morgan fingerprint density at radius 2 is 1.81 bits per heavy atom. The molecule has 0 unspecified atom stereocenters. The number of ether oxygens (including phenoxy) is 1. The van der Waals surface area contributed by atoms with Crippen molar-refractivity contribution < 1.29 is 14.4 Å². The summed E-state index contributed by atoms with van der Waals surface area (Å²) >= 11 is 6.07. The molecule has 160 valence electrons. The van der Waals surface area contributed by atoms with Crippen molar-refractivity contribution in [3.8, 4) is 11.4 Å². The lowest BCUT2D eigenvalue weighted by molar-refractivity contribution is -0.146. The summed E-state index contributed by atoms with van der Waals surface area (Å²) in [7, 11) is 0. The molecule has 6 heteroatoms. The molecule has 0 bridgehead atoms. The number of carbonyl (C=O) groups is 1. The summed E-state index contributed by atoms with van der Waals surface area (Å²) in [5.74, 6) is 0.0824. The van der Waals surface area contributed by atoms with Crippen LogP contribution in [0.2, 0.25) is 5.02 Å². The Morgan fingerprint density at radius 3 is 2.52 bits per heavy atom. The van der Waals surface area contributed by atoms with Crippen LogP contribution in [0.15, 0.2) is 65.8 Å². The summed E-state index contributed by atoms with van der Waals surface area (Å²) in [6.07, 6.45) is 1.61. The highest BCUT2D eigenvalue weighted by Gasteiger charge is 2.33. The lowest BCUT2D eigenvalue weighted by Gasteiger charge is -2.31. The number of rotatable bonds is 5. The Hall–Kier alpha value is -3.05. The van der Waals surface area contributed by atoms with E-state index in [2.05, 4.69) is 36.6 Å². The Bertz CT molecular complexity index is 1120. The molecule has 0 amide bonds. The van der Waals surface area contributed by atoms with Gasteiger partial charge in [-0.15, -0.1) is 0 Å². The largest absolute Gasteiger partial charge is 0.482 e. The van der Waals surface area contributed by atoms with Crippen molar-refractivity contribution >= 4 is 23.3 Å². The number of aryl methyl sites for hydroxylation is 1. The SMILES string of the molecule is Cc1cc2c(n1-c1ccc(Cl)cc1)CC(C)(C)C/C2=N\OC(=O)COc1ccccc1. The molecule has 0 radical (unpaired) electrons. The van der Waals surface area contributed by atoms with Crippen molar-refractivity contribution in [3.63, 3.8) is 0 Å². The van der Waals surface area contributed by atoms with Crippen molar-refractivity contribution in [1.29, 1.82) is 0 Å². The molecule has 0 N–H and O–H groups in total. The minimum atomic E-state index is -0.532. The lowest BCUT2D eigenvalue weighted by atomic mass is 9.76. The van der Waals surface area contributed by atoms with Crippen molar-refractivity contribution in [2.45, 2.75) is 33.6 Å². The maximum atomic E-state index is 12.2. The van der Waals surface area contributed by atoms with E-state index in [1.54, 1.807) is 12.1 Å². The summed E-state index contributed by atoms with van der Waals surface area (Å²) in [5.41, 5.74) is 5.07. The first-order valence-corrected chi connectivity index (χ1v) is 10.6. The Labute approximate surface area is 187 Å². The van der Waals surface area contributed by atoms with Gasteiger partial charge in [0.05, 0.1) is 5.71 Å². The average Bonchev–Trinajstić information content (AvgIpc) is 3.06. The predicted molar refractivity (Wildman–Crippen MR) is 122 cm³/mol. The smallest absolute Gasteiger partial charge is 0.372 e. The van der Waals surface area contributed by atoms with Crippen LogP contribution in [0.1, 0.15) is 37.2 Å². The van der Waals surface area contributed by atoms with E-state index in [4.69, 9.17) is 21.2 Å². The number of halogens is 1. The molecule has 0 saturated heterocycles. The van der Waals surface area contributed by atoms with E-state index in [0.717, 1.165) is 41.2 Å². The second-order valence-electron chi connectivity index (χ2n) is 8.58. The first kappa shape index (κ1) is 21.2. The highest BCUT2D eigenvalue weighted by atomic mass is 35.5. The molecule has 31 heavy (non-hydrogen) atoms. The van der Waals surface area contributed by atoms with E-state index in [9.17, 15) is 4.79 Å². The standard InChI is InChI=1S/C25H25ClN2O3/c1-17-13-21-22(27-31-24(29)16-30-20-7-5-4-6-8-20)14-25(2,3)15-23(21)28(17)19-11-9-18(26)10-12-19/h4-13H,14-16H2,1-3H3/b27-22+. The van der Waals surface area contributed by atoms with Crippen LogP contribution >= 0.6 is 11.6 Å². The predicted octanol–water partition coefficient (Wildman–Crippen LogP) is 5.74. The van der Waals surface area contributed by atoms with Crippen LogP contribution in [0.5, 0.6) is 5.75 Å². The lowest BCUT2D eigenvalue weighted by Crippen LogP contribution is -2.29. The fraction of sp³-hybridized carbons (Fsp3) is 0.280. The van der Waals surface area contributed by atoms with E-state index >= 15 is 0 Å². The fourth-order valence-corrected chi connectivity index (χ4v) is 4.13. The van der Waals surface area contributed by atoms with Crippen molar-refractivity contribution in [1.82, 2.24) is 4.57 Å². The zero-order valence-electron chi connectivity index (χ0n) is 17.9. The first-order chi connectivity index (χ1) is 14.8. The molecule has 4 rings (SSSR count). The Kier molecular flexibility index (Phi) is 5.88. The third-order valence-corrected chi connectivity index (χ3v) is 5.58. The van der Waals surface area contributed by atoms with Gasteiger partial charge in [0.15, 0.2) is 6.61 Å². The number of para-hydroxylation sites is 1. The third kappa shape index (κ3) is 4.83. The summed E-state index contributed by atoms with van der Waals surface area (Å²) in [6.45, 7) is 6.26. The number of hydrogen-bond donors (Lipinski definition) is 0. The van der Waals surface area contributed by atoms with Gasteiger partial charge in [-0.05, 0) is 67.6 Å². The number of fused-ring (bicyclic) bond motifs is 1. The van der Waals surface area contributed by atoms with Crippen LogP contribution in [0.4, 0.5) is 0 Å². The molecule has 2 aromatic carbocycles. The Morgan fingerprint density at radius 1 is 1.10 bits per heavy atom. The highest BCUT2D eigenvalue weighted by molar-refractivity contribution is 6.30. The van der Waals surface area contributed by atoms with Gasteiger partial charge in [0.2, 0.25) is 0 Å². The minimum Gasteiger partial charge on any atom is -0.482 e. The van der Waals surface area contributed by atoms with Gasteiger partial charge in [0.25, 0.3) is 0 Å². The number of benzene rings is 2. The summed E-state index contributed by atoms with van der Waals surface area (Å²) in [5, 5.41) is 4.95. The van der Waals surface area contributed by atoms with Crippen LogP contribution in [0.3, 0.4) is 0 Å². The van der Waals surface area contributed by atoms with Crippen LogP contribution in [-0.2, 0) is 16.1 Å². The maximum absolute atomic E-state index is 12.2. The molecule has 0 saturated carbocycles. The molecule has 3 aromatic rings. The van der Waals surface area contributed by atoms with Gasteiger partial charge in [-0.25, -0.2) is 4.79 Å². The molecule has 0 fully saturated rings. The first-order valence-electron chi connectivity index (χ1n) is 10.2. The minimum absolute atomic E-state index is 0.0201. The molecular weight excluding hydrogens is 412 g/mol. The normalized spacial score (nSPS) is 16.1. The van der Waals surface area contributed by atoms with Gasteiger partial charge in [0, 0.05) is 27.7 Å². The number of carbonyl (C=O) groups excluding carboxylic acids is 1. The number of hydrogen-bond acceptors (Lipinski definition) is 4. The zero-order valence-corrected chi connectivity index (χ0v) is 18.6. The number of nitrogens with zero attached hydrogens (tertiary/aromatic N) is 2. The van der Waals surface area contributed by atoms with Crippen molar-refractivity contribution in [2.75, 3.05) is 6.61 Å².